The van der Waals surface area contributed by atoms with Crippen molar-refractivity contribution in [3.8, 4) is 90.1 Å². The fourth-order valence-electron chi connectivity index (χ4n) is 12.5. The van der Waals surface area contributed by atoms with E-state index < -0.39 is 0 Å². The zero-order valence-electron chi connectivity index (χ0n) is 44.7. The predicted molar refractivity (Wildman–Crippen MR) is 338 cm³/mol. The lowest BCUT2D eigenvalue weighted by molar-refractivity contribution is 0.657. The number of nitrogens with zero attached hydrogens (tertiary/aromatic N) is 4. The maximum absolute atomic E-state index is 5.25. The third-order valence-corrected chi connectivity index (χ3v) is 18.8. The van der Waals surface area contributed by atoms with E-state index in [2.05, 4.69) is 234 Å². The van der Waals surface area contributed by atoms with Crippen molar-refractivity contribution in [2.75, 3.05) is 0 Å². The smallest absolute Gasteiger partial charge is 0.160 e. The number of aromatic nitrogens is 4. The van der Waals surface area contributed by atoms with Gasteiger partial charge in [-0.1, -0.05) is 222 Å². The molecule has 0 atom stereocenters. The summed E-state index contributed by atoms with van der Waals surface area (Å²) in [5.74, 6) is 1.53. The minimum atomic E-state index is -0.250. The molecule has 0 amide bonds. The van der Waals surface area contributed by atoms with Crippen LogP contribution in [0.5, 0.6) is 0 Å². The zero-order valence-corrected chi connectivity index (χ0v) is 46.3. The number of hydrogen-bond acceptors (Lipinski definition) is 6. The second-order valence-corrected chi connectivity index (χ2v) is 24.3. The summed E-state index contributed by atoms with van der Waals surface area (Å²) >= 11 is 3.72. The van der Waals surface area contributed by atoms with Crippen LogP contribution in [0.4, 0.5) is 0 Å². The number of thiophene rings is 2. The van der Waals surface area contributed by atoms with E-state index in [1.165, 1.54) is 96.0 Å². The Labute approximate surface area is 473 Å². The Morgan fingerprint density at radius 2 is 0.625 bits per heavy atom. The summed E-state index contributed by atoms with van der Waals surface area (Å²) in [6.07, 6.45) is 0. The molecule has 4 aromatic heterocycles. The van der Waals surface area contributed by atoms with Crippen LogP contribution in [0, 0.1) is 0 Å². The van der Waals surface area contributed by atoms with Gasteiger partial charge in [0, 0.05) is 95.7 Å². The molecule has 16 rings (SSSR count). The van der Waals surface area contributed by atoms with Gasteiger partial charge in [0.1, 0.15) is 0 Å². The Morgan fingerprint density at radius 1 is 0.263 bits per heavy atom. The molecule has 4 nitrogen and oxygen atoms in total. The Hall–Kier alpha value is -9.20. The van der Waals surface area contributed by atoms with E-state index in [-0.39, 0.29) is 10.8 Å². The van der Waals surface area contributed by atoms with Crippen molar-refractivity contribution in [3.63, 3.8) is 0 Å². The topological polar surface area (TPSA) is 51.6 Å². The second-order valence-electron chi connectivity index (χ2n) is 22.1. The van der Waals surface area contributed by atoms with Gasteiger partial charge in [0.25, 0.3) is 0 Å². The molecule has 0 unspecified atom stereocenters. The van der Waals surface area contributed by atoms with E-state index in [0.29, 0.717) is 0 Å². The van der Waals surface area contributed by atoms with E-state index in [1.807, 2.05) is 59.1 Å². The van der Waals surface area contributed by atoms with Crippen molar-refractivity contribution in [3.05, 3.63) is 265 Å². The second kappa shape index (κ2) is 18.7. The summed E-state index contributed by atoms with van der Waals surface area (Å²) in [7, 11) is 0. The fourth-order valence-corrected chi connectivity index (χ4v) is 14.7. The zero-order chi connectivity index (χ0) is 53.7. The summed E-state index contributed by atoms with van der Waals surface area (Å²) in [6.45, 7) is 9.24. The average Bonchev–Trinajstić information content (AvgIpc) is 4.34. The summed E-state index contributed by atoms with van der Waals surface area (Å²) in [5.41, 5.74) is 20.2. The van der Waals surface area contributed by atoms with Gasteiger partial charge in [0.05, 0.1) is 22.8 Å². The van der Waals surface area contributed by atoms with Crippen LogP contribution in [0.1, 0.15) is 49.9 Å². The fraction of sp³-hybridized carbons (Fsp3) is 0.0811. The van der Waals surface area contributed by atoms with Crippen LogP contribution in [0.3, 0.4) is 0 Å². The molecule has 0 saturated heterocycles. The van der Waals surface area contributed by atoms with Crippen LogP contribution < -0.4 is 0 Å². The molecule has 80 heavy (non-hydrogen) atoms. The van der Waals surface area contributed by atoms with Crippen LogP contribution in [-0.2, 0) is 10.8 Å². The molecule has 0 saturated carbocycles. The minimum absolute atomic E-state index is 0.225. The lowest BCUT2D eigenvalue weighted by atomic mass is 9.80. The highest BCUT2D eigenvalue weighted by molar-refractivity contribution is 7.26. The molecule has 2 aliphatic rings. The highest BCUT2D eigenvalue weighted by Crippen LogP contribution is 2.54. The van der Waals surface area contributed by atoms with Gasteiger partial charge in [-0.2, -0.15) is 0 Å². The first kappa shape index (κ1) is 48.0. The molecule has 380 valence electrons. The van der Waals surface area contributed by atoms with E-state index in [9.17, 15) is 0 Å². The summed E-state index contributed by atoms with van der Waals surface area (Å²) in [6, 6.07) is 86.7. The number of benzene rings is 10. The van der Waals surface area contributed by atoms with Crippen LogP contribution in [0.2, 0.25) is 0 Å². The lowest BCUT2D eigenvalue weighted by Crippen LogP contribution is -2.17. The number of fused-ring (bicyclic) bond motifs is 12. The molecule has 0 spiro atoms. The molecule has 0 aliphatic heterocycles. The highest BCUT2D eigenvalue weighted by atomic mass is 32.1. The van der Waals surface area contributed by atoms with E-state index in [1.54, 1.807) is 0 Å². The number of hydrogen-bond donors (Lipinski definition) is 0. The molecule has 14 aromatic rings. The standard InChI is InChI=1S/2C37H26N2S/c1-37(2)30-22-26(25-18-20-32-29(21-25)27-15-9-10-16-31(27)40-32)17-19-28(30)35-33(37)34(23-11-5-3-6-12-23)38-36(39-35)24-13-7-4-8-14-24;1-37(2)30-19-17-25(26-18-20-32-28(21-26)27-15-9-10-16-31(27)40-32)22-29(30)35-33(37)34(23-11-5-3-6-12-23)38-36(39-35)24-13-7-4-8-14-24/h2*3-22H,1-2H3. The normalized spacial score (nSPS) is 13.4. The van der Waals surface area contributed by atoms with Crippen LogP contribution in [-0.4, -0.2) is 19.9 Å². The molecule has 0 N–H and O–H groups in total. The lowest BCUT2D eigenvalue weighted by Gasteiger charge is -2.24. The number of rotatable bonds is 6. The maximum Gasteiger partial charge on any atom is 0.160 e. The molecule has 0 radical (unpaired) electrons. The van der Waals surface area contributed by atoms with Crippen LogP contribution >= 0.6 is 22.7 Å². The SMILES string of the molecule is CC1(C)c2cc(-c3ccc4sc5ccccc5c4c3)ccc2-c2nc(-c3ccccc3)nc(-c3ccccc3)c21.CC1(C)c2ccc(-c3ccc4sc5ccccc5c4c3)cc2-c2nc(-c3ccccc3)nc(-c3ccccc3)c21. The first-order valence-electron chi connectivity index (χ1n) is 27.4. The van der Waals surface area contributed by atoms with Crippen molar-refractivity contribution >= 4 is 63.0 Å². The molecule has 0 bridgehead atoms. The average molecular weight is 1060 g/mol. The minimum Gasteiger partial charge on any atom is -0.228 e. The summed E-state index contributed by atoms with van der Waals surface area (Å²) in [4.78, 5) is 20.8. The van der Waals surface area contributed by atoms with Gasteiger partial charge in [-0.3, -0.25) is 0 Å². The van der Waals surface area contributed by atoms with Crippen molar-refractivity contribution in [2.45, 2.75) is 38.5 Å². The van der Waals surface area contributed by atoms with Crippen LogP contribution in [0.15, 0.2) is 243 Å². The first-order valence-corrected chi connectivity index (χ1v) is 29.0. The van der Waals surface area contributed by atoms with Gasteiger partial charge in [0.2, 0.25) is 0 Å². The molecule has 0 fully saturated rings. The highest BCUT2D eigenvalue weighted by Gasteiger charge is 2.42. The summed E-state index contributed by atoms with van der Waals surface area (Å²) < 4.78 is 5.32. The van der Waals surface area contributed by atoms with Gasteiger partial charge in [0.15, 0.2) is 11.6 Å². The van der Waals surface area contributed by atoms with Crippen molar-refractivity contribution < 1.29 is 0 Å². The Bertz CT molecular complexity index is 4750. The Kier molecular flexibility index (Phi) is 11.2. The maximum atomic E-state index is 5.25. The van der Waals surface area contributed by atoms with Crippen molar-refractivity contribution in [1.29, 1.82) is 0 Å². The van der Waals surface area contributed by atoms with Gasteiger partial charge >= 0.3 is 0 Å². The first-order chi connectivity index (χ1) is 39.2. The molecule has 6 heteroatoms. The van der Waals surface area contributed by atoms with E-state index in [0.717, 1.165) is 56.7 Å². The van der Waals surface area contributed by atoms with Gasteiger partial charge in [-0.05, 0) is 81.9 Å². The quantitative estimate of drug-likeness (QED) is 0.167. The van der Waals surface area contributed by atoms with Gasteiger partial charge < -0.3 is 0 Å². The van der Waals surface area contributed by atoms with Crippen molar-refractivity contribution in [1.82, 2.24) is 19.9 Å². The summed E-state index contributed by atoms with van der Waals surface area (Å²) in [5, 5.41) is 5.30. The van der Waals surface area contributed by atoms with Crippen LogP contribution in [0.25, 0.3) is 130 Å². The Balaban J connectivity index is 0.000000138. The molecule has 2 aliphatic carbocycles. The van der Waals surface area contributed by atoms with Crippen molar-refractivity contribution in [2.24, 2.45) is 0 Å². The Morgan fingerprint density at radius 3 is 1.12 bits per heavy atom. The molecule has 10 aromatic carbocycles. The third kappa shape index (κ3) is 7.84. The monoisotopic (exact) mass is 1060 g/mol. The predicted octanol–water partition coefficient (Wildman–Crippen LogP) is 20.3. The van der Waals surface area contributed by atoms with Gasteiger partial charge in [-0.15, -0.1) is 22.7 Å². The molecular formula is C74H52N4S2. The molecule has 4 heterocycles. The van der Waals surface area contributed by atoms with Gasteiger partial charge in [-0.25, -0.2) is 19.9 Å². The molecular weight excluding hydrogens is 1010 g/mol. The van der Waals surface area contributed by atoms with E-state index >= 15 is 0 Å². The largest absolute Gasteiger partial charge is 0.228 e. The van der Waals surface area contributed by atoms with E-state index in [4.69, 9.17) is 19.9 Å². The third-order valence-electron chi connectivity index (χ3n) is 16.5.